The second kappa shape index (κ2) is 6.72. The van der Waals surface area contributed by atoms with E-state index in [-0.39, 0.29) is 24.0 Å². The lowest BCUT2D eigenvalue weighted by molar-refractivity contribution is -0.118. The molecule has 1 aromatic heterocycles. The number of nitrogens with one attached hydrogen (secondary N) is 1. The highest BCUT2D eigenvalue weighted by atomic mass is 35.5. The molecule has 0 fully saturated rings. The molecule has 0 saturated carbocycles. The van der Waals surface area contributed by atoms with Crippen LogP contribution in [0.4, 0.5) is 5.69 Å². The van der Waals surface area contributed by atoms with Gasteiger partial charge >= 0.3 is 0 Å². The number of ether oxygens (including phenoxy) is 1. The number of rotatable bonds is 5. The van der Waals surface area contributed by atoms with E-state index < -0.39 is 10.0 Å². The fourth-order valence-corrected chi connectivity index (χ4v) is 4.99. The van der Waals surface area contributed by atoms with Crippen LogP contribution in [-0.2, 0) is 21.4 Å². The van der Waals surface area contributed by atoms with Crippen LogP contribution >= 0.6 is 22.9 Å². The highest BCUT2D eigenvalue weighted by Crippen LogP contribution is 2.32. The molecule has 1 aliphatic rings. The summed E-state index contributed by atoms with van der Waals surface area (Å²) >= 11 is 7.26. The Labute approximate surface area is 149 Å². The smallest absolute Gasteiger partial charge is 0.262 e. The summed E-state index contributed by atoms with van der Waals surface area (Å²) in [6, 6.07) is 8.01. The van der Waals surface area contributed by atoms with Crippen LogP contribution in [0.15, 0.2) is 35.2 Å². The van der Waals surface area contributed by atoms with Crippen molar-refractivity contribution in [3.63, 3.8) is 0 Å². The molecular formula is C15H15ClN2O4S2. The topological polar surface area (TPSA) is 75.7 Å². The van der Waals surface area contributed by atoms with E-state index in [0.29, 0.717) is 22.3 Å². The van der Waals surface area contributed by atoms with Gasteiger partial charge in [-0.15, -0.1) is 11.3 Å². The maximum absolute atomic E-state index is 12.9. The van der Waals surface area contributed by atoms with E-state index in [1.807, 2.05) is 6.07 Å². The monoisotopic (exact) mass is 386 g/mol. The Bertz CT molecular complexity index is 879. The molecule has 9 heteroatoms. The Morgan fingerprint density at radius 1 is 1.33 bits per heavy atom. The second-order valence-corrected chi connectivity index (χ2v) is 8.87. The molecule has 0 bridgehead atoms. The van der Waals surface area contributed by atoms with Gasteiger partial charge in [-0.2, -0.15) is 4.31 Å². The van der Waals surface area contributed by atoms with Gasteiger partial charge in [0.15, 0.2) is 6.61 Å². The highest BCUT2D eigenvalue weighted by Gasteiger charge is 2.26. The lowest BCUT2D eigenvalue weighted by atomic mass is 10.2. The van der Waals surface area contributed by atoms with Crippen molar-refractivity contribution in [1.82, 2.24) is 4.31 Å². The van der Waals surface area contributed by atoms with E-state index >= 15 is 0 Å². The van der Waals surface area contributed by atoms with E-state index in [1.54, 1.807) is 19.1 Å². The zero-order valence-corrected chi connectivity index (χ0v) is 15.2. The molecular weight excluding hydrogens is 372 g/mol. The Kier molecular flexibility index (Phi) is 4.82. The predicted molar refractivity (Wildman–Crippen MR) is 93.2 cm³/mol. The zero-order chi connectivity index (χ0) is 17.3. The summed E-state index contributed by atoms with van der Waals surface area (Å²) in [4.78, 5) is 12.4. The van der Waals surface area contributed by atoms with Gasteiger partial charge in [0.25, 0.3) is 5.91 Å². The molecule has 1 N–H and O–H groups in total. The van der Waals surface area contributed by atoms with Gasteiger partial charge in [-0.05, 0) is 30.3 Å². The Morgan fingerprint density at radius 2 is 2.12 bits per heavy atom. The molecule has 2 heterocycles. The van der Waals surface area contributed by atoms with Crippen LogP contribution in [0.3, 0.4) is 0 Å². The number of carbonyl (C=O) groups is 1. The lowest BCUT2D eigenvalue weighted by Gasteiger charge is -2.22. The maximum Gasteiger partial charge on any atom is 0.262 e. The molecule has 24 heavy (non-hydrogen) atoms. The molecule has 0 unspecified atom stereocenters. The number of carbonyl (C=O) groups excluding carboxylic acids is 1. The molecule has 3 rings (SSSR count). The molecule has 0 aliphatic carbocycles. The number of hydrogen-bond acceptors (Lipinski definition) is 5. The number of halogens is 1. The van der Waals surface area contributed by atoms with Gasteiger partial charge in [-0.25, -0.2) is 8.42 Å². The van der Waals surface area contributed by atoms with Crippen molar-refractivity contribution in [1.29, 1.82) is 0 Å². The maximum atomic E-state index is 12.9. The summed E-state index contributed by atoms with van der Waals surface area (Å²) in [5, 5.41) is 2.62. The minimum atomic E-state index is -3.70. The number of nitrogens with zero attached hydrogens (tertiary/aromatic N) is 1. The normalized spacial score (nSPS) is 14.2. The van der Waals surface area contributed by atoms with Crippen molar-refractivity contribution >= 4 is 44.6 Å². The van der Waals surface area contributed by atoms with Crippen LogP contribution in [-0.4, -0.2) is 31.8 Å². The van der Waals surface area contributed by atoms with Crippen molar-refractivity contribution in [2.24, 2.45) is 0 Å². The molecule has 1 amide bonds. The van der Waals surface area contributed by atoms with Gasteiger partial charge in [0.05, 0.1) is 14.9 Å². The standard InChI is InChI=1S/C15H15ClN2O4S2/c1-2-18(8-10-3-6-14(16)23-10)24(20,21)11-4-5-13-12(7-11)17-15(19)9-22-13/h3-7H,2,8-9H2,1H3,(H,17,19). The third kappa shape index (κ3) is 3.41. The zero-order valence-electron chi connectivity index (χ0n) is 12.8. The molecule has 6 nitrogen and oxygen atoms in total. The number of anilines is 1. The first-order valence-electron chi connectivity index (χ1n) is 7.21. The lowest BCUT2D eigenvalue weighted by Crippen LogP contribution is -2.31. The Morgan fingerprint density at radius 3 is 2.79 bits per heavy atom. The average molecular weight is 387 g/mol. The third-order valence-corrected chi connectivity index (χ3v) is 6.67. The van der Waals surface area contributed by atoms with E-state index in [0.717, 1.165) is 4.88 Å². The molecule has 0 saturated heterocycles. The fraction of sp³-hybridized carbons (Fsp3) is 0.267. The molecule has 1 aliphatic heterocycles. The number of benzene rings is 1. The van der Waals surface area contributed by atoms with Gasteiger partial charge in [0.1, 0.15) is 5.75 Å². The molecule has 0 radical (unpaired) electrons. The molecule has 1 aromatic carbocycles. The summed E-state index contributed by atoms with van der Waals surface area (Å²) in [5.74, 6) is 0.152. The Balaban J connectivity index is 1.90. The van der Waals surface area contributed by atoms with Crippen molar-refractivity contribution in [2.45, 2.75) is 18.4 Å². The van der Waals surface area contributed by atoms with Crippen molar-refractivity contribution in [2.75, 3.05) is 18.5 Å². The quantitative estimate of drug-likeness (QED) is 0.857. The first kappa shape index (κ1) is 17.2. The number of sulfonamides is 1. The van der Waals surface area contributed by atoms with Crippen molar-refractivity contribution < 1.29 is 17.9 Å². The van der Waals surface area contributed by atoms with Gasteiger partial charge in [-0.3, -0.25) is 4.79 Å². The van der Waals surface area contributed by atoms with E-state index in [2.05, 4.69) is 5.32 Å². The van der Waals surface area contributed by atoms with Crippen molar-refractivity contribution in [3.05, 3.63) is 39.5 Å². The molecule has 0 atom stereocenters. The second-order valence-electron chi connectivity index (χ2n) is 5.13. The van der Waals surface area contributed by atoms with Crippen LogP contribution < -0.4 is 10.1 Å². The minimum Gasteiger partial charge on any atom is -0.482 e. The SMILES string of the molecule is CCN(Cc1ccc(Cl)s1)S(=O)(=O)c1ccc2c(c1)NC(=O)CO2. The molecule has 2 aromatic rings. The average Bonchev–Trinajstić information content (AvgIpc) is 2.96. The van der Waals surface area contributed by atoms with Crippen LogP contribution in [0.1, 0.15) is 11.8 Å². The van der Waals surface area contributed by atoms with Gasteiger partial charge in [0, 0.05) is 18.0 Å². The summed E-state index contributed by atoms with van der Waals surface area (Å²) in [5.41, 5.74) is 0.363. The van der Waals surface area contributed by atoms with E-state index in [9.17, 15) is 13.2 Å². The summed E-state index contributed by atoms with van der Waals surface area (Å²) < 4.78 is 33.0. The van der Waals surface area contributed by atoms with Crippen LogP contribution in [0.2, 0.25) is 4.34 Å². The largest absolute Gasteiger partial charge is 0.482 e. The van der Waals surface area contributed by atoms with Crippen molar-refractivity contribution in [3.8, 4) is 5.75 Å². The van der Waals surface area contributed by atoms with E-state index in [1.165, 1.54) is 27.8 Å². The number of amides is 1. The fourth-order valence-electron chi connectivity index (χ4n) is 2.35. The first-order valence-corrected chi connectivity index (χ1v) is 9.84. The number of thiophene rings is 1. The molecule has 128 valence electrons. The van der Waals surface area contributed by atoms with Gasteiger partial charge in [-0.1, -0.05) is 18.5 Å². The summed E-state index contributed by atoms with van der Waals surface area (Å²) in [6.45, 7) is 2.27. The summed E-state index contributed by atoms with van der Waals surface area (Å²) in [7, 11) is -3.70. The third-order valence-electron chi connectivity index (χ3n) is 3.54. The Hall–Kier alpha value is -1.61. The summed E-state index contributed by atoms with van der Waals surface area (Å²) in [6.07, 6.45) is 0. The highest BCUT2D eigenvalue weighted by molar-refractivity contribution is 7.89. The van der Waals surface area contributed by atoms with Crippen LogP contribution in [0.5, 0.6) is 5.75 Å². The van der Waals surface area contributed by atoms with Crippen LogP contribution in [0, 0.1) is 0 Å². The number of fused-ring (bicyclic) bond motifs is 1. The molecule has 0 spiro atoms. The predicted octanol–water partition coefficient (Wildman–Crippen LogP) is 2.94. The minimum absolute atomic E-state index is 0.0701. The van der Waals surface area contributed by atoms with Crippen LogP contribution in [0.25, 0.3) is 0 Å². The number of hydrogen-bond donors (Lipinski definition) is 1. The van der Waals surface area contributed by atoms with E-state index in [4.69, 9.17) is 16.3 Å². The van der Waals surface area contributed by atoms with Gasteiger partial charge < -0.3 is 10.1 Å². The van der Waals surface area contributed by atoms with Gasteiger partial charge in [0.2, 0.25) is 10.0 Å². The first-order chi connectivity index (χ1) is 11.4.